The van der Waals surface area contributed by atoms with Crippen molar-refractivity contribution in [2.45, 2.75) is 38.7 Å². The summed E-state index contributed by atoms with van der Waals surface area (Å²) in [6, 6.07) is 0. The van der Waals surface area contributed by atoms with Crippen molar-refractivity contribution in [2.75, 3.05) is 0 Å². The third kappa shape index (κ3) is 1.94. The Balaban J connectivity index is 2.22. The molecule has 0 aromatic carbocycles. The summed E-state index contributed by atoms with van der Waals surface area (Å²) in [5, 5.41) is 0.813. The van der Waals surface area contributed by atoms with Gasteiger partial charge in [0.05, 0.1) is 6.10 Å². The van der Waals surface area contributed by atoms with Crippen LogP contribution in [0, 0.1) is 0 Å². The Morgan fingerprint density at radius 2 is 2.56 bits per heavy atom. The predicted octanol–water partition coefficient (Wildman–Crippen LogP) is 2.29. The van der Waals surface area contributed by atoms with Gasteiger partial charge in [0, 0.05) is 6.42 Å². The molecule has 1 saturated heterocycles. The molecule has 1 aliphatic heterocycles. The summed E-state index contributed by atoms with van der Waals surface area (Å²) < 4.78 is 5.33. The first-order valence-electron chi connectivity index (χ1n) is 3.52. The summed E-state index contributed by atoms with van der Waals surface area (Å²) in [5.74, 6) is 0. The van der Waals surface area contributed by atoms with Gasteiger partial charge in [-0.05, 0) is 25.1 Å². The van der Waals surface area contributed by atoms with Crippen LogP contribution in [0.2, 0.25) is 0 Å². The Labute approximate surface area is 61.4 Å². The Bertz CT molecular complexity index is 111. The van der Waals surface area contributed by atoms with Crippen molar-refractivity contribution in [2.24, 2.45) is 0 Å². The molecule has 0 unspecified atom stereocenters. The molecule has 1 rings (SSSR count). The third-order valence-electron chi connectivity index (χ3n) is 1.58. The van der Waals surface area contributed by atoms with Gasteiger partial charge in [-0.15, -0.1) is 0 Å². The molecule has 2 heteroatoms. The molecular weight excluding hydrogens is 132 g/mol. The highest BCUT2D eigenvalue weighted by Gasteiger charge is 2.18. The Hall–Kier alpha value is -0.110. The minimum atomic E-state index is 0.447. The fraction of sp³-hybridized carbons (Fsp3) is 0.857. The molecule has 0 saturated carbocycles. The molecule has 9 heavy (non-hydrogen) atoms. The van der Waals surface area contributed by atoms with Crippen molar-refractivity contribution in [3.8, 4) is 0 Å². The topological polar surface area (TPSA) is 9.23 Å². The van der Waals surface area contributed by atoms with Crippen LogP contribution < -0.4 is 0 Å². The molecule has 0 amide bonds. The number of hydrogen-bond donors (Lipinski definition) is 0. The highest BCUT2D eigenvalue weighted by atomic mass is 32.1. The second kappa shape index (κ2) is 3.16. The molecule has 0 aliphatic carbocycles. The molecule has 0 aromatic heterocycles. The van der Waals surface area contributed by atoms with Crippen LogP contribution in [0.4, 0.5) is 0 Å². The molecule has 0 spiro atoms. The quantitative estimate of drug-likeness (QED) is 0.550. The summed E-state index contributed by atoms with van der Waals surface area (Å²) in [6.45, 7) is 2.17. The first kappa shape index (κ1) is 7.00. The molecular formula is C7H12OS. The van der Waals surface area contributed by atoms with Crippen LogP contribution in [0.3, 0.4) is 0 Å². The second-order valence-electron chi connectivity index (χ2n) is 2.44. The van der Waals surface area contributed by atoms with Crippen LogP contribution in [0.1, 0.15) is 32.6 Å². The molecule has 0 radical (unpaired) electrons. The van der Waals surface area contributed by atoms with E-state index in [2.05, 4.69) is 6.92 Å². The van der Waals surface area contributed by atoms with E-state index in [0.29, 0.717) is 6.10 Å². The van der Waals surface area contributed by atoms with Gasteiger partial charge in [0.1, 0.15) is 0 Å². The van der Waals surface area contributed by atoms with Crippen molar-refractivity contribution in [1.82, 2.24) is 0 Å². The molecule has 52 valence electrons. The monoisotopic (exact) mass is 144 g/mol. The Morgan fingerprint density at radius 3 is 3.00 bits per heavy atom. The Kier molecular flexibility index (Phi) is 2.46. The van der Waals surface area contributed by atoms with Crippen molar-refractivity contribution in [3.05, 3.63) is 0 Å². The van der Waals surface area contributed by atoms with Crippen molar-refractivity contribution in [3.63, 3.8) is 0 Å². The summed E-state index contributed by atoms with van der Waals surface area (Å²) in [7, 11) is 0. The molecule has 0 bridgehead atoms. The molecule has 1 fully saturated rings. The van der Waals surface area contributed by atoms with Gasteiger partial charge < -0.3 is 4.74 Å². The summed E-state index contributed by atoms with van der Waals surface area (Å²) >= 11 is 4.89. The van der Waals surface area contributed by atoms with Gasteiger partial charge in [-0.1, -0.05) is 13.3 Å². The molecule has 0 aromatic rings. The molecule has 1 heterocycles. The van der Waals surface area contributed by atoms with E-state index in [-0.39, 0.29) is 0 Å². The summed E-state index contributed by atoms with van der Waals surface area (Å²) in [5.41, 5.74) is 0. The fourth-order valence-electron chi connectivity index (χ4n) is 1.11. The van der Waals surface area contributed by atoms with Crippen LogP contribution in [0.25, 0.3) is 0 Å². The van der Waals surface area contributed by atoms with E-state index in [9.17, 15) is 0 Å². The van der Waals surface area contributed by atoms with Gasteiger partial charge in [0.2, 0.25) is 0 Å². The SMILES string of the molecule is CCC[C@@H]1CCC(=S)O1. The third-order valence-corrected chi connectivity index (χ3v) is 1.88. The lowest BCUT2D eigenvalue weighted by molar-refractivity contribution is 0.211. The van der Waals surface area contributed by atoms with E-state index in [4.69, 9.17) is 17.0 Å². The average Bonchev–Trinajstić information content (AvgIpc) is 2.17. The maximum Gasteiger partial charge on any atom is 0.160 e. The highest BCUT2D eigenvalue weighted by Crippen LogP contribution is 2.18. The largest absolute Gasteiger partial charge is 0.484 e. The maximum atomic E-state index is 5.33. The van der Waals surface area contributed by atoms with Gasteiger partial charge in [-0.3, -0.25) is 0 Å². The molecule has 0 N–H and O–H groups in total. The first-order chi connectivity index (χ1) is 4.33. The van der Waals surface area contributed by atoms with E-state index in [0.717, 1.165) is 17.9 Å². The van der Waals surface area contributed by atoms with Crippen molar-refractivity contribution >= 4 is 17.3 Å². The summed E-state index contributed by atoms with van der Waals surface area (Å²) in [4.78, 5) is 0. The van der Waals surface area contributed by atoms with E-state index >= 15 is 0 Å². The van der Waals surface area contributed by atoms with Gasteiger partial charge in [0.25, 0.3) is 0 Å². The van der Waals surface area contributed by atoms with Gasteiger partial charge in [-0.25, -0.2) is 0 Å². The number of thiocarbonyl (C=S) groups is 1. The highest BCUT2D eigenvalue weighted by molar-refractivity contribution is 7.80. The molecule has 1 aliphatic rings. The number of rotatable bonds is 2. The average molecular weight is 144 g/mol. The zero-order chi connectivity index (χ0) is 6.69. The van der Waals surface area contributed by atoms with Crippen LogP contribution in [-0.2, 0) is 4.74 Å². The first-order valence-corrected chi connectivity index (χ1v) is 3.93. The number of ether oxygens (including phenoxy) is 1. The smallest absolute Gasteiger partial charge is 0.160 e. The lowest BCUT2D eigenvalue weighted by atomic mass is 10.1. The number of hydrogen-bond acceptors (Lipinski definition) is 2. The van der Waals surface area contributed by atoms with Gasteiger partial charge in [0.15, 0.2) is 5.05 Å². The van der Waals surface area contributed by atoms with Crippen LogP contribution in [-0.4, -0.2) is 11.2 Å². The van der Waals surface area contributed by atoms with Gasteiger partial charge >= 0.3 is 0 Å². The molecule has 1 nitrogen and oxygen atoms in total. The Morgan fingerprint density at radius 1 is 1.78 bits per heavy atom. The zero-order valence-corrected chi connectivity index (χ0v) is 6.54. The van der Waals surface area contributed by atoms with E-state index in [1.165, 1.54) is 12.8 Å². The minimum absolute atomic E-state index is 0.447. The van der Waals surface area contributed by atoms with Crippen molar-refractivity contribution in [1.29, 1.82) is 0 Å². The van der Waals surface area contributed by atoms with Crippen LogP contribution in [0.5, 0.6) is 0 Å². The normalized spacial score (nSPS) is 26.3. The maximum absolute atomic E-state index is 5.33. The minimum Gasteiger partial charge on any atom is -0.484 e. The van der Waals surface area contributed by atoms with E-state index < -0.39 is 0 Å². The van der Waals surface area contributed by atoms with Gasteiger partial charge in [-0.2, -0.15) is 0 Å². The van der Waals surface area contributed by atoms with Crippen LogP contribution in [0.15, 0.2) is 0 Å². The van der Waals surface area contributed by atoms with E-state index in [1.54, 1.807) is 0 Å². The lowest BCUT2D eigenvalue weighted by Crippen LogP contribution is -2.04. The predicted molar refractivity (Wildman–Crippen MR) is 41.6 cm³/mol. The van der Waals surface area contributed by atoms with E-state index in [1.807, 2.05) is 0 Å². The lowest BCUT2D eigenvalue weighted by Gasteiger charge is -2.06. The standard InChI is InChI=1S/C7H12OS/c1-2-3-6-4-5-7(9)8-6/h6H,2-5H2,1H3/t6-/m1/s1. The summed E-state index contributed by atoms with van der Waals surface area (Å²) in [6.07, 6.45) is 4.96. The second-order valence-corrected chi connectivity index (χ2v) is 2.89. The zero-order valence-electron chi connectivity index (χ0n) is 5.72. The molecule has 1 atom stereocenters. The fourth-order valence-corrected chi connectivity index (χ4v) is 1.36. The van der Waals surface area contributed by atoms with Crippen LogP contribution >= 0.6 is 12.2 Å². The van der Waals surface area contributed by atoms with Crippen molar-refractivity contribution < 1.29 is 4.74 Å².